The van der Waals surface area contributed by atoms with Crippen molar-refractivity contribution in [3.63, 3.8) is 0 Å². The van der Waals surface area contributed by atoms with Gasteiger partial charge in [0.15, 0.2) is 0 Å². The van der Waals surface area contributed by atoms with Gasteiger partial charge in [0, 0.05) is 18.2 Å². The Morgan fingerprint density at radius 3 is 2.22 bits per heavy atom. The van der Waals surface area contributed by atoms with Crippen LogP contribution in [0.15, 0.2) is 24.3 Å². The molecule has 3 heteroatoms. The summed E-state index contributed by atoms with van der Waals surface area (Å²) >= 11 is 0. The van der Waals surface area contributed by atoms with Crippen molar-refractivity contribution >= 4 is 5.91 Å². The van der Waals surface area contributed by atoms with E-state index in [1.54, 1.807) is 0 Å². The summed E-state index contributed by atoms with van der Waals surface area (Å²) in [5, 5.41) is 3.00. The van der Waals surface area contributed by atoms with E-state index in [-0.39, 0.29) is 17.4 Å². The third-order valence-corrected chi connectivity index (χ3v) is 3.21. The van der Waals surface area contributed by atoms with Gasteiger partial charge in [0.25, 0.3) is 5.91 Å². The van der Waals surface area contributed by atoms with E-state index >= 15 is 0 Å². The molecule has 1 rings (SSSR count). The van der Waals surface area contributed by atoms with E-state index in [1.165, 1.54) is 5.56 Å². The zero-order valence-electron chi connectivity index (χ0n) is 11.8. The van der Waals surface area contributed by atoms with Crippen molar-refractivity contribution in [2.45, 2.75) is 40.2 Å². The molecule has 1 unspecified atom stereocenters. The lowest BCUT2D eigenvalue weighted by molar-refractivity contribution is 0.0905. The first kappa shape index (κ1) is 14.7. The second kappa shape index (κ2) is 6.01. The van der Waals surface area contributed by atoms with Crippen molar-refractivity contribution in [1.29, 1.82) is 0 Å². The zero-order chi connectivity index (χ0) is 13.8. The van der Waals surface area contributed by atoms with Gasteiger partial charge < -0.3 is 11.1 Å². The van der Waals surface area contributed by atoms with Crippen LogP contribution in [0.3, 0.4) is 0 Å². The van der Waals surface area contributed by atoms with Gasteiger partial charge in [-0.05, 0) is 29.5 Å². The van der Waals surface area contributed by atoms with Crippen LogP contribution in [-0.4, -0.2) is 18.5 Å². The van der Waals surface area contributed by atoms with Gasteiger partial charge in [-0.25, -0.2) is 0 Å². The number of carbonyl (C=O) groups is 1. The summed E-state index contributed by atoms with van der Waals surface area (Å²) < 4.78 is 0. The molecule has 0 spiro atoms. The second-order valence-corrected chi connectivity index (χ2v) is 5.68. The number of nitrogens with one attached hydrogen (secondary N) is 1. The van der Waals surface area contributed by atoms with Gasteiger partial charge in [0.1, 0.15) is 0 Å². The summed E-state index contributed by atoms with van der Waals surface area (Å²) in [6, 6.07) is 7.69. The van der Waals surface area contributed by atoms with Gasteiger partial charge in [0.2, 0.25) is 0 Å². The third kappa shape index (κ3) is 3.84. The normalized spacial score (nSPS) is 13.2. The Bertz CT molecular complexity index is 390. The molecule has 1 amide bonds. The highest BCUT2D eigenvalue weighted by molar-refractivity contribution is 5.94. The van der Waals surface area contributed by atoms with Crippen LogP contribution in [0.2, 0.25) is 0 Å². The van der Waals surface area contributed by atoms with E-state index in [4.69, 9.17) is 5.73 Å². The molecule has 0 aromatic heterocycles. The number of hydrogen-bond acceptors (Lipinski definition) is 2. The van der Waals surface area contributed by atoms with E-state index in [9.17, 15) is 4.79 Å². The number of carbonyl (C=O) groups excluding carboxylic acids is 1. The van der Waals surface area contributed by atoms with E-state index in [2.05, 4.69) is 33.0 Å². The Morgan fingerprint density at radius 1 is 1.28 bits per heavy atom. The summed E-state index contributed by atoms with van der Waals surface area (Å²) in [6.07, 6.45) is 0.981. The van der Waals surface area contributed by atoms with Gasteiger partial charge in [-0.1, -0.05) is 39.8 Å². The lowest BCUT2D eigenvalue weighted by Crippen LogP contribution is -2.48. The fourth-order valence-electron chi connectivity index (χ4n) is 1.76. The minimum Gasteiger partial charge on any atom is -0.348 e. The number of hydrogen-bond donors (Lipinski definition) is 2. The molecule has 0 saturated heterocycles. The summed E-state index contributed by atoms with van der Waals surface area (Å²) in [7, 11) is 0. The molecule has 18 heavy (non-hydrogen) atoms. The zero-order valence-corrected chi connectivity index (χ0v) is 11.8. The smallest absolute Gasteiger partial charge is 0.251 e. The predicted octanol–water partition coefficient (Wildman–Crippen LogP) is 2.35. The predicted molar refractivity (Wildman–Crippen MR) is 75.6 cm³/mol. The monoisotopic (exact) mass is 248 g/mol. The SMILES string of the molecule is CCc1ccc(C(=O)NC(CN)C(C)(C)C)cc1. The highest BCUT2D eigenvalue weighted by Crippen LogP contribution is 2.18. The summed E-state index contributed by atoms with van der Waals surface area (Å²) in [5.41, 5.74) is 7.61. The van der Waals surface area contributed by atoms with E-state index in [1.807, 2.05) is 24.3 Å². The Morgan fingerprint density at radius 2 is 1.83 bits per heavy atom. The maximum atomic E-state index is 12.1. The maximum Gasteiger partial charge on any atom is 0.251 e. The Labute approximate surface area is 110 Å². The van der Waals surface area contributed by atoms with Crippen molar-refractivity contribution in [2.75, 3.05) is 6.54 Å². The summed E-state index contributed by atoms with van der Waals surface area (Å²) in [4.78, 5) is 12.1. The first-order valence-electron chi connectivity index (χ1n) is 6.48. The topological polar surface area (TPSA) is 55.1 Å². The first-order chi connectivity index (χ1) is 8.38. The molecule has 3 N–H and O–H groups in total. The Balaban J connectivity index is 2.75. The van der Waals surface area contributed by atoms with Crippen molar-refractivity contribution in [3.05, 3.63) is 35.4 Å². The van der Waals surface area contributed by atoms with Gasteiger partial charge in [-0.2, -0.15) is 0 Å². The number of nitrogens with two attached hydrogens (primary N) is 1. The molecule has 3 nitrogen and oxygen atoms in total. The van der Waals surface area contributed by atoms with Crippen molar-refractivity contribution in [3.8, 4) is 0 Å². The number of aryl methyl sites for hydroxylation is 1. The minimum absolute atomic E-state index is 0.0177. The van der Waals surface area contributed by atoms with Crippen LogP contribution in [0.4, 0.5) is 0 Å². The molecule has 0 aliphatic heterocycles. The molecule has 100 valence electrons. The van der Waals surface area contributed by atoms with Crippen LogP contribution in [0.5, 0.6) is 0 Å². The van der Waals surface area contributed by atoms with Gasteiger partial charge >= 0.3 is 0 Å². The van der Waals surface area contributed by atoms with Crippen LogP contribution < -0.4 is 11.1 Å². The largest absolute Gasteiger partial charge is 0.348 e. The fourth-order valence-corrected chi connectivity index (χ4v) is 1.76. The summed E-state index contributed by atoms with van der Waals surface area (Å²) in [5.74, 6) is -0.0528. The lowest BCUT2D eigenvalue weighted by atomic mass is 9.86. The summed E-state index contributed by atoms with van der Waals surface area (Å²) in [6.45, 7) is 8.77. The minimum atomic E-state index is -0.0528. The quantitative estimate of drug-likeness (QED) is 0.859. The van der Waals surface area contributed by atoms with Crippen LogP contribution in [-0.2, 0) is 6.42 Å². The standard InChI is InChI=1S/C15H24N2O/c1-5-11-6-8-12(9-7-11)14(18)17-13(10-16)15(2,3)4/h6-9,13H,5,10,16H2,1-4H3,(H,17,18). The lowest BCUT2D eigenvalue weighted by Gasteiger charge is -2.30. The first-order valence-corrected chi connectivity index (χ1v) is 6.48. The molecule has 0 bridgehead atoms. The second-order valence-electron chi connectivity index (χ2n) is 5.68. The van der Waals surface area contributed by atoms with Crippen molar-refractivity contribution < 1.29 is 4.79 Å². The van der Waals surface area contributed by atoms with Crippen molar-refractivity contribution in [2.24, 2.45) is 11.1 Å². The van der Waals surface area contributed by atoms with Crippen LogP contribution >= 0.6 is 0 Å². The maximum absolute atomic E-state index is 12.1. The molecule has 1 aromatic rings. The van der Waals surface area contributed by atoms with Crippen LogP contribution in [0.1, 0.15) is 43.6 Å². The molecular formula is C15H24N2O. The molecule has 0 aliphatic carbocycles. The highest BCUT2D eigenvalue weighted by Gasteiger charge is 2.25. The van der Waals surface area contributed by atoms with Gasteiger partial charge in [-0.15, -0.1) is 0 Å². The average molecular weight is 248 g/mol. The number of amides is 1. The van der Waals surface area contributed by atoms with Crippen molar-refractivity contribution in [1.82, 2.24) is 5.32 Å². The molecule has 1 atom stereocenters. The van der Waals surface area contributed by atoms with Gasteiger partial charge in [0.05, 0.1) is 0 Å². The van der Waals surface area contributed by atoms with E-state index in [0.717, 1.165) is 6.42 Å². The number of rotatable bonds is 4. The Hall–Kier alpha value is -1.35. The molecule has 1 aromatic carbocycles. The molecular weight excluding hydrogens is 224 g/mol. The molecule has 0 radical (unpaired) electrons. The molecule has 0 heterocycles. The average Bonchev–Trinajstić information content (AvgIpc) is 2.34. The van der Waals surface area contributed by atoms with Gasteiger partial charge in [-0.3, -0.25) is 4.79 Å². The third-order valence-electron chi connectivity index (χ3n) is 3.21. The highest BCUT2D eigenvalue weighted by atomic mass is 16.1. The molecule has 0 aliphatic rings. The molecule has 0 saturated carbocycles. The van der Waals surface area contributed by atoms with E-state index < -0.39 is 0 Å². The Kier molecular flexibility index (Phi) is 4.91. The molecule has 0 fully saturated rings. The van der Waals surface area contributed by atoms with Crippen LogP contribution in [0.25, 0.3) is 0 Å². The van der Waals surface area contributed by atoms with E-state index in [0.29, 0.717) is 12.1 Å². The van der Waals surface area contributed by atoms with Crippen LogP contribution in [0, 0.1) is 5.41 Å². The number of benzene rings is 1. The fraction of sp³-hybridized carbons (Fsp3) is 0.533.